The minimum Gasteiger partial charge on any atom is -0.493 e. The molecule has 0 aliphatic carbocycles. The monoisotopic (exact) mass is 249 g/mol. The molecular weight excluding hydrogens is 230 g/mol. The molecule has 1 aromatic carbocycles. The number of carbonyl (C=O) groups is 1. The summed E-state index contributed by atoms with van der Waals surface area (Å²) in [4.78, 5) is 10.6. The summed E-state index contributed by atoms with van der Waals surface area (Å²) in [6.45, 7) is 3.41. The minimum absolute atomic E-state index is 0.120. The highest BCUT2D eigenvalue weighted by atomic mass is 16.5. The van der Waals surface area contributed by atoms with Crippen LogP contribution in [-0.4, -0.2) is 24.2 Å². The Hall–Kier alpha value is -1.71. The Bertz CT molecular complexity index is 431. The largest absolute Gasteiger partial charge is 0.493 e. The summed E-state index contributed by atoms with van der Waals surface area (Å²) in [7, 11) is 0. The van der Waals surface area contributed by atoms with Crippen LogP contribution in [0.25, 0.3) is 0 Å². The van der Waals surface area contributed by atoms with Gasteiger partial charge in [0.2, 0.25) is 0 Å². The summed E-state index contributed by atoms with van der Waals surface area (Å²) >= 11 is 0. The topological polar surface area (TPSA) is 58.6 Å². The van der Waals surface area contributed by atoms with Crippen LogP contribution in [0, 0.1) is 5.92 Å². The Morgan fingerprint density at radius 1 is 1.56 bits per heavy atom. The summed E-state index contributed by atoms with van der Waals surface area (Å²) < 4.78 is 5.55. The molecule has 0 aromatic heterocycles. The van der Waals surface area contributed by atoms with Crippen molar-refractivity contribution in [2.45, 2.75) is 26.2 Å². The van der Waals surface area contributed by atoms with Crippen LogP contribution in [0.5, 0.6) is 5.75 Å². The molecule has 1 unspecified atom stereocenters. The number of anilines is 1. The Labute approximate surface area is 107 Å². The average molecular weight is 249 g/mol. The van der Waals surface area contributed by atoms with E-state index in [1.807, 2.05) is 19.1 Å². The maximum Gasteiger partial charge on any atom is 0.303 e. The first-order valence-electron chi connectivity index (χ1n) is 6.36. The molecule has 0 amide bonds. The molecule has 0 saturated carbocycles. The second-order valence-electron chi connectivity index (χ2n) is 4.86. The Kier molecular flexibility index (Phi) is 4.07. The predicted octanol–water partition coefficient (Wildman–Crippen LogP) is 2.53. The molecule has 4 heteroatoms. The number of benzene rings is 1. The van der Waals surface area contributed by atoms with Gasteiger partial charge in [-0.25, -0.2) is 0 Å². The summed E-state index contributed by atoms with van der Waals surface area (Å²) in [5.41, 5.74) is 2.27. The van der Waals surface area contributed by atoms with E-state index in [2.05, 4.69) is 11.4 Å². The lowest BCUT2D eigenvalue weighted by Gasteiger charge is -2.19. The summed E-state index contributed by atoms with van der Waals surface area (Å²) in [6.07, 6.45) is 2.31. The number of aliphatic carboxylic acids is 1. The molecule has 98 valence electrons. The van der Waals surface area contributed by atoms with Crippen LogP contribution in [0.1, 0.15) is 25.3 Å². The van der Waals surface area contributed by atoms with Gasteiger partial charge < -0.3 is 15.2 Å². The molecule has 4 nitrogen and oxygen atoms in total. The fourth-order valence-corrected chi connectivity index (χ4v) is 2.13. The minimum atomic E-state index is -0.747. The predicted molar refractivity (Wildman–Crippen MR) is 70.2 cm³/mol. The van der Waals surface area contributed by atoms with Crippen LogP contribution in [0.2, 0.25) is 0 Å². The zero-order chi connectivity index (χ0) is 13.0. The van der Waals surface area contributed by atoms with E-state index in [9.17, 15) is 4.79 Å². The van der Waals surface area contributed by atoms with Crippen molar-refractivity contribution in [3.8, 4) is 5.75 Å². The van der Waals surface area contributed by atoms with E-state index in [1.165, 1.54) is 5.56 Å². The molecule has 18 heavy (non-hydrogen) atoms. The maximum absolute atomic E-state index is 10.6. The fourth-order valence-electron chi connectivity index (χ4n) is 2.13. The fraction of sp³-hybridized carbons (Fsp3) is 0.500. The summed E-state index contributed by atoms with van der Waals surface area (Å²) in [5, 5.41) is 12.0. The Morgan fingerprint density at radius 2 is 2.39 bits per heavy atom. The van der Waals surface area contributed by atoms with Gasteiger partial charge in [-0.15, -0.1) is 0 Å². The van der Waals surface area contributed by atoms with Crippen molar-refractivity contribution in [1.29, 1.82) is 0 Å². The number of rotatable bonds is 5. The lowest BCUT2D eigenvalue weighted by molar-refractivity contribution is -0.137. The molecule has 1 atom stereocenters. The Balaban J connectivity index is 1.91. The number of fused-ring (bicyclic) bond motifs is 1. The number of aryl methyl sites for hydroxylation is 1. The molecule has 0 radical (unpaired) electrons. The lowest BCUT2D eigenvalue weighted by Crippen LogP contribution is -2.15. The van der Waals surface area contributed by atoms with Gasteiger partial charge in [0.15, 0.2) is 0 Å². The lowest BCUT2D eigenvalue weighted by atomic mass is 10.0. The van der Waals surface area contributed by atoms with Gasteiger partial charge >= 0.3 is 5.97 Å². The number of hydrogen-bond acceptors (Lipinski definition) is 3. The quantitative estimate of drug-likeness (QED) is 0.842. The van der Waals surface area contributed by atoms with Gasteiger partial charge in [-0.05, 0) is 42.5 Å². The second-order valence-corrected chi connectivity index (χ2v) is 4.86. The van der Waals surface area contributed by atoms with Gasteiger partial charge in [0, 0.05) is 18.7 Å². The zero-order valence-electron chi connectivity index (χ0n) is 10.6. The first kappa shape index (κ1) is 12.7. The molecule has 0 fully saturated rings. The smallest absolute Gasteiger partial charge is 0.303 e. The van der Waals surface area contributed by atoms with E-state index in [1.54, 1.807) is 0 Å². The van der Waals surface area contributed by atoms with E-state index >= 15 is 0 Å². The van der Waals surface area contributed by atoms with Crippen molar-refractivity contribution >= 4 is 11.7 Å². The van der Waals surface area contributed by atoms with Crippen molar-refractivity contribution < 1.29 is 14.6 Å². The zero-order valence-corrected chi connectivity index (χ0v) is 10.6. The van der Waals surface area contributed by atoms with Gasteiger partial charge in [0.25, 0.3) is 0 Å². The highest BCUT2D eigenvalue weighted by molar-refractivity contribution is 5.67. The maximum atomic E-state index is 10.6. The highest BCUT2D eigenvalue weighted by Crippen LogP contribution is 2.27. The number of hydrogen-bond donors (Lipinski definition) is 2. The molecule has 1 heterocycles. The second kappa shape index (κ2) is 5.76. The van der Waals surface area contributed by atoms with Crippen LogP contribution >= 0.6 is 0 Å². The van der Waals surface area contributed by atoms with Gasteiger partial charge in [-0.3, -0.25) is 4.79 Å². The van der Waals surface area contributed by atoms with E-state index in [0.717, 1.165) is 30.9 Å². The highest BCUT2D eigenvalue weighted by Gasteiger charge is 2.11. The van der Waals surface area contributed by atoms with E-state index in [0.29, 0.717) is 6.54 Å². The molecule has 0 spiro atoms. The molecule has 0 bridgehead atoms. The average Bonchev–Trinajstić information content (AvgIpc) is 2.35. The van der Waals surface area contributed by atoms with Crippen molar-refractivity contribution in [3.63, 3.8) is 0 Å². The first-order valence-corrected chi connectivity index (χ1v) is 6.36. The summed E-state index contributed by atoms with van der Waals surface area (Å²) in [6, 6.07) is 6.07. The van der Waals surface area contributed by atoms with Gasteiger partial charge in [-0.2, -0.15) is 0 Å². The molecule has 1 aliphatic heterocycles. The number of carboxylic acid groups (broad SMARTS) is 1. The van der Waals surface area contributed by atoms with Crippen molar-refractivity contribution in [3.05, 3.63) is 23.8 Å². The van der Waals surface area contributed by atoms with Gasteiger partial charge in [-0.1, -0.05) is 6.92 Å². The van der Waals surface area contributed by atoms with Crippen LogP contribution in [0.4, 0.5) is 5.69 Å². The van der Waals surface area contributed by atoms with E-state index < -0.39 is 5.97 Å². The van der Waals surface area contributed by atoms with Crippen molar-refractivity contribution in [1.82, 2.24) is 0 Å². The SMILES string of the molecule is CC(CNc1ccc2c(c1)CCCO2)CC(=O)O. The summed E-state index contributed by atoms with van der Waals surface area (Å²) in [5.74, 6) is 0.350. The van der Waals surface area contributed by atoms with Crippen LogP contribution in [0.3, 0.4) is 0 Å². The molecular formula is C14H19NO3. The van der Waals surface area contributed by atoms with E-state index in [-0.39, 0.29) is 12.3 Å². The van der Waals surface area contributed by atoms with Gasteiger partial charge in [0.1, 0.15) is 5.75 Å². The normalized spacial score (nSPS) is 15.4. The van der Waals surface area contributed by atoms with Crippen molar-refractivity contribution in [2.24, 2.45) is 5.92 Å². The standard InChI is InChI=1S/C14H19NO3/c1-10(7-14(16)17)9-15-12-4-5-13-11(8-12)3-2-6-18-13/h4-5,8,10,15H,2-3,6-7,9H2,1H3,(H,16,17). The van der Waals surface area contributed by atoms with Crippen LogP contribution in [-0.2, 0) is 11.2 Å². The molecule has 1 aliphatic rings. The molecule has 2 rings (SSSR count). The first-order chi connectivity index (χ1) is 8.65. The Morgan fingerprint density at radius 3 is 3.17 bits per heavy atom. The van der Waals surface area contributed by atoms with Crippen LogP contribution in [0.15, 0.2) is 18.2 Å². The molecule has 0 saturated heterocycles. The third kappa shape index (κ3) is 3.39. The van der Waals surface area contributed by atoms with Crippen molar-refractivity contribution in [2.75, 3.05) is 18.5 Å². The third-order valence-electron chi connectivity index (χ3n) is 3.09. The third-order valence-corrected chi connectivity index (χ3v) is 3.09. The van der Waals surface area contributed by atoms with E-state index in [4.69, 9.17) is 9.84 Å². The number of nitrogens with one attached hydrogen (secondary N) is 1. The molecule has 1 aromatic rings. The number of ether oxygens (including phenoxy) is 1. The van der Waals surface area contributed by atoms with Gasteiger partial charge in [0.05, 0.1) is 6.61 Å². The molecule has 2 N–H and O–H groups in total. The number of carboxylic acids is 1. The van der Waals surface area contributed by atoms with Crippen LogP contribution < -0.4 is 10.1 Å².